The second-order valence-corrected chi connectivity index (χ2v) is 6.30. The molecule has 0 aliphatic carbocycles. The number of nitrogens with one attached hydrogen (secondary N) is 1. The summed E-state index contributed by atoms with van der Waals surface area (Å²) in [5.74, 6) is -0.0400. The van der Waals surface area contributed by atoms with Gasteiger partial charge in [0, 0.05) is 24.3 Å². The number of hydrogen-bond donors (Lipinski definition) is 1. The lowest BCUT2D eigenvalue weighted by Gasteiger charge is -2.47. The number of aromatic nitrogens is 1. The second kappa shape index (κ2) is 5.70. The molecule has 20 heavy (non-hydrogen) atoms. The summed E-state index contributed by atoms with van der Waals surface area (Å²) in [7, 11) is 2.22. The highest BCUT2D eigenvalue weighted by atomic mass is 35.5. The van der Waals surface area contributed by atoms with E-state index >= 15 is 0 Å². The smallest absolute Gasteiger partial charge is 0.253 e. The Morgan fingerprint density at radius 1 is 1.35 bits per heavy atom. The Balaban J connectivity index is 1.63. The van der Waals surface area contributed by atoms with Crippen LogP contribution in [-0.4, -0.2) is 41.0 Å². The Hall–Kier alpha value is -1.13. The van der Waals surface area contributed by atoms with Crippen molar-refractivity contribution in [2.45, 2.75) is 50.2 Å². The lowest BCUT2D eigenvalue weighted by Crippen LogP contribution is -2.55. The lowest BCUT2D eigenvalue weighted by molar-refractivity contribution is 0.0463. The van der Waals surface area contributed by atoms with Gasteiger partial charge in [0.2, 0.25) is 0 Å². The molecule has 1 aromatic heterocycles. The van der Waals surface area contributed by atoms with Crippen LogP contribution in [0.1, 0.15) is 42.5 Å². The van der Waals surface area contributed by atoms with Gasteiger partial charge < -0.3 is 10.2 Å². The molecule has 1 aromatic rings. The van der Waals surface area contributed by atoms with E-state index in [1.165, 1.54) is 25.5 Å². The molecule has 0 radical (unpaired) electrons. The van der Waals surface area contributed by atoms with Crippen molar-refractivity contribution in [3.63, 3.8) is 0 Å². The fourth-order valence-corrected chi connectivity index (χ4v) is 3.62. The van der Waals surface area contributed by atoms with Crippen LogP contribution >= 0.6 is 11.6 Å². The molecule has 5 heteroatoms. The number of nitrogens with zero attached hydrogens (tertiary/aromatic N) is 2. The first kappa shape index (κ1) is 13.8. The number of pyridine rings is 1. The molecule has 108 valence electrons. The van der Waals surface area contributed by atoms with E-state index in [1.807, 2.05) is 0 Å². The maximum atomic E-state index is 12.2. The number of rotatable bonds is 2. The van der Waals surface area contributed by atoms with Crippen LogP contribution in [0.5, 0.6) is 0 Å². The largest absolute Gasteiger partial charge is 0.349 e. The van der Waals surface area contributed by atoms with Crippen LogP contribution in [0.15, 0.2) is 18.3 Å². The van der Waals surface area contributed by atoms with E-state index in [1.54, 1.807) is 12.1 Å². The number of carbonyl (C=O) groups is 1. The van der Waals surface area contributed by atoms with E-state index in [4.69, 9.17) is 11.6 Å². The zero-order valence-corrected chi connectivity index (χ0v) is 12.4. The molecule has 0 saturated carbocycles. The fraction of sp³-hybridized carbons (Fsp3) is 0.600. The van der Waals surface area contributed by atoms with Crippen LogP contribution in [-0.2, 0) is 0 Å². The molecule has 2 aliphatic heterocycles. The van der Waals surface area contributed by atoms with Gasteiger partial charge in [0.15, 0.2) is 0 Å². The van der Waals surface area contributed by atoms with Crippen LogP contribution in [0, 0.1) is 0 Å². The monoisotopic (exact) mass is 293 g/mol. The van der Waals surface area contributed by atoms with Crippen LogP contribution in [0.4, 0.5) is 0 Å². The molecule has 2 saturated heterocycles. The zero-order chi connectivity index (χ0) is 14.1. The summed E-state index contributed by atoms with van der Waals surface area (Å²) in [6.45, 7) is 0. The third-order valence-electron chi connectivity index (χ3n) is 4.66. The Bertz CT molecular complexity index is 476. The predicted octanol–water partition coefficient (Wildman–Crippen LogP) is 2.48. The standard InChI is InChI=1S/C15H20ClN3O/c1-19-12-3-2-4-13(19)8-11(7-12)18-15(20)10-5-6-14(16)17-9-10/h5-6,9,11-13H,2-4,7-8H2,1H3,(H,18,20). The van der Waals surface area contributed by atoms with Gasteiger partial charge in [-0.2, -0.15) is 0 Å². The van der Waals surface area contributed by atoms with Gasteiger partial charge in [0.05, 0.1) is 5.56 Å². The Kier molecular flexibility index (Phi) is 3.94. The van der Waals surface area contributed by atoms with Crippen LogP contribution < -0.4 is 5.32 Å². The molecule has 2 fully saturated rings. The maximum Gasteiger partial charge on any atom is 0.253 e. The summed E-state index contributed by atoms with van der Waals surface area (Å²) in [5.41, 5.74) is 0.582. The van der Waals surface area contributed by atoms with Gasteiger partial charge in [-0.3, -0.25) is 4.79 Å². The van der Waals surface area contributed by atoms with E-state index < -0.39 is 0 Å². The quantitative estimate of drug-likeness (QED) is 0.852. The zero-order valence-electron chi connectivity index (χ0n) is 11.7. The number of amides is 1. The van der Waals surface area contributed by atoms with Crippen molar-refractivity contribution in [3.05, 3.63) is 29.0 Å². The minimum atomic E-state index is -0.0400. The van der Waals surface area contributed by atoms with E-state index in [9.17, 15) is 4.79 Å². The first-order valence-corrected chi connectivity index (χ1v) is 7.65. The lowest BCUT2D eigenvalue weighted by atomic mass is 9.82. The first-order chi connectivity index (χ1) is 9.63. The topological polar surface area (TPSA) is 45.2 Å². The molecule has 1 amide bonds. The van der Waals surface area contributed by atoms with Gasteiger partial charge in [-0.25, -0.2) is 4.98 Å². The Labute approximate surface area is 124 Å². The SMILES string of the molecule is CN1C2CCCC1CC(NC(=O)c1ccc(Cl)nc1)C2. The predicted molar refractivity (Wildman–Crippen MR) is 78.9 cm³/mol. The van der Waals surface area contributed by atoms with Crippen molar-refractivity contribution in [2.24, 2.45) is 0 Å². The highest BCUT2D eigenvalue weighted by Gasteiger charge is 2.36. The van der Waals surface area contributed by atoms with Crippen molar-refractivity contribution >= 4 is 17.5 Å². The summed E-state index contributed by atoms with van der Waals surface area (Å²) >= 11 is 5.74. The normalized spacial score (nSPS) is 30.0. The van der Waals surface area contributed by atoms with Gasteiger partial charge in [0.25, 0.3) is 5.91 Å². The third-order valence-corrected chi connectivity index (χ3v) is 4.89. The number of carbonyl (C=O) groups excluding carboxylic acids is 1. The minimum absolute atomic E-state index is 0.0400. The molecule has 3 heterocycles. The van der Waals surface area contributed by atoms with E-state index in [2.05, 4.69) is 22.2 Å². The van der Waals surface area contributed by atoms with Crippen LogP contribution in [0.25, 0.3) is 0 Å². The average Bonchev–Trinajstić information content (AvgIpc) is 2.40. The summed E-state index contributed by atoms with van der Waals surface area (Å²) in [5, 5.41) is 3.57. The minimum Gasteiger partial charge on any atom is -0.349 e. The first-order valence-electron chi connectivity index (χ1n) is 7.28. The molecule has 4 nitrogen and oxygen atoms in total. The maximum absolute atomic E-state index is 12.2. The highest BCUT2D eigenvalue weighted by Crippen LogP contribution is 2.32. The number of hydrogen-bond acceptors (Lipinski definition) is 3. The molecule has 1 N–H and O–H groups in total. The van der Waals surface area contributed by atoms with Crippen molar-refractivity contribution in [1.82, 2.24) is 15.2 Å². The molecule has 2 bridgehead atoms. The molecule has 2 unspecified atom stereocenters. The molecular weight excluding hydrogens is 274 g/mol. The summed E-state index contributed by atoms with van der Waals surface area (Å²) in [6, 6.07) is 4.90. The molecule has 0 aromatic carbocycles. The third kappa shape index (κ3) is 2.81. The van der Waals surface area contributed by atoms with Gasteiger partial charge >= 0.3 is 0 Å². The van der Waals surface area contributed by atoms with Crippen molar-refractivity contribution in [3.8, 4) is 0 Å². The van der Waals surface area contributed by atoms with Gasteiger partial charge in [-0.05, 0) is 44.9 Å². The van der Waals surface area contributed by atoms with Crippen LogP contribution in [0.3, 0.4) is 0 Å². The summed E-state index contributed by atoms with van der Waals surface area (Å²) in [4.78, 5) is 18.7. The van der Waals surface area contributed by atoms with Crippen LogP contribution in [0.2, 0.25) is 5.15 Å². The number of halogens is 1. The summed E-state index contributed by atoms with van der Waals surface area (Å²) < 4.78 is 0. The van der Waals surface area contributed by atoms with E-state index in [-0.39, 0.29) is 11.9 Å². The van der Waals surface area contributed by atoms with Crippen molar-refractivity contribution in [1.29, 1.82) is 0 Å². The molecule has 2 aliphatic rings. The van der Waals surface area contributed by atoms with Gasteiger partial charge in [-0.15, -0.1) is 0 Å². The highest BCUT2D eigenvalue weighted by molar-refractivity contribution is 6.29. The Morgan fingerprint density at radius 3 is 2.65 bits per heavy atom. The summed E-state index contributed by atoms with van der Waals surface area (Å²) in [6.07, 6.45) is 7.47. The molecule has 2 atom stereocenters. The molecular formula is C15H20ClN3O. The fourth-order valence-electron chi connectivity index (χ4n) is 3.51. The average molecular weight is 294 g/mol. The molecule has 3 rings (SSSR count). The number of piperidine rings is 2. The van der Waals surface area contributed by atoms with Gasteiger partial charge in [0.1, 0.15) is 5.15 Å². The van der Waals surface area contributed by atoms with Crippen molar-refractivity contribution < 1.29 is 4.79 Å². The van der Waals surface area contributed by atoms with E-state index in [0.717, 1.165) is 12.8 Å². The number of fused-ring (bicyclic) bond motifs is 2. The van der Waals surface area contributed by atoms with Gasteiger partial charge in [-0.1, -0.05) is 18.0 Å². The van der Waals surface area contributed by atoms with Crippen molar-refractivity contribution in [2.75, 3.05) is 7.05 Å². The Morgan fingerprint density at radius 2 is 2.05 bits per heavy atom. The van der Waals surface area contributed by atoms with E-state index in [0.29, 0.717) is 22.8 Å². The molecule has 0 spiro atoms. The second-order valence-electron chi connectivity index (χ2n) is 5.92.